The number of carbonyl (C=O) groups is 1. The largest absolute Gasteiger partial charge is 0.335 e. The molecule has 0 unspecified atom stereocenters. The summed E-state index contributed by atoms with van der Waals surface area (Å²) in [5.74, 6) is -0.334. The molecule has 0 bridgehead atoms. The fraction of sp³-hybridized carbons (Fsp3) is 0.179. The van der Waals surface area contributed by atoms with Crippen LogP contribution < -0.4 is 5.69 Å². The van der Waals surface area contributed by atoms with Crippen LogP contribution in [0.25, 0.3) is 16.8 Å². The number of carbonyl (C=O) groups excluding carboxylic acids is 1. The van der Waals surface area contributed by atoms with Gasteiger partial charge in [0.15, 0.2) is 0 Å². The molecule has 2 heterocycles. The van der Waals surface area contributed by atoms with Crippen LogP contribution in [0.5, 0.6) is 0 Å². The molecule has 8 nitrogen and oxygen atoms in total. The van der Waals surface area contributed by atoms with Gasteiger partial charge in [0.1, 0.15) is 6.33 Å². The highest BCUT2D eigenvalue weighted by Crippen LogP contribution is 2.27. The van der Waals surface area contributed by atoms with Gasteiger partial charge < -0.3 is 0 Å². The monoisotopic (exact) mass is 478 g/mol. The maximum Gasteiger partial charge on any atom is 0.335 e. The van der Waals surface area contributed by atoms with Crippen molar-refractivity contribution in [1.82, 2.24) is 29.3 Å². The van der Waals surface area contributed by atoms with Crippen molar-refractivity contribution >= 4 is 5.91 Å². The van der Waals surface area contributed by atoms with Crippen LogP contribution in [-0.2, 0) is 12.0 Å². The van der Waals surface area contributed by atoms with Gasteiger partial charge in [-0.25, -0.2) is 9.36 Å². The molecule has 0 N–H and O–H groups in total. The Morgan fingerprint density at radius 3 is 2.25 bits per heavy atom. The third-order valence-electron chi connectivity index (χ3n) is 6.09. The summed E-state index contributed by atoms with van der Waals surface area (Å²) >= 11 is 0. The second-order valence-corrected chi connectivity index (χ2v) is 9.64. The summed E-state index contributed by atoms with van der Waals surface area (Å²) in [6.07, 6.45) is 3.24. The lowest BCUT2D eigenvalue weighted by Gasteiger charge is -2.20. The molecule has 0 saturated carbocycles. The summed E-state index contributed by atoms with van der Waals surface area (Å²) in [6.45, 7) is 6.47. The third-order valence-corrected chi connectivity index (χ3v) is 6.09. The van der Waals surface area contributed by atoms with Gasteiger partial charge in [0.05, 0.1) is 12.2 Å². The van der Waals surface area contributed by atoms with Crippen molar-refractivity contribution in [3.63, 3.8) is 0 Å². The van der Waals surface area contributed by atoms with Gasteiger partial charge in [-0.15, -0.1) is 5.10 Å². The maximum absolute atomic E-state index is 13.4. The fourth-order valence-electron chi connectivity index (χ4n) is 4.26. The van der Waals surface area contributed by atoms with Crippen molar-refractivity contribution in [3.05, 3.63) is 119 Å². The van der Waals surface area contributed by atoms with E-state index in [0.29, 0.717) is 12.1 Å². The van der Waals surface area contributed by atoms with Crippen molar-refractivity contribution < 1.29 is 4.79 Å². The van der Waals surface area contributed by atoms with E-state index in [-0.39, 0.29) is 17.0 Å². The second kappa shape index (κ2) is 9.22. The van der Waals surface area contributed by atoms with Gasteiger partial charge in [-0.05, 0) is 39.8 Å². The molecule has 0 amide bonds. The van der Waals surface area contributed by atoms with E-state index in [2.05, 4.69) is 15.5 Å². The lowest BCUT2D eigenvalue weighted by Crippen LogP contribution is -2.31. The van der Waals surface area contributed by atoms with E-state index in [9.17, 15) is 9.59 Å². The second-order valence-electron chi connectivity index (χ2n) is 9.64. The fourth-order valence-corrected chi connectivity index (χ4v) is 4.26. The van der Waals surface area contributed by atoms with Crippen molar-refractivity contribution in [2.45, 2.75) is 32.7 Å². The van der Waals surface area contributed by atoms with Crippen LogP contribution in [0.15, 0.2) is 96.2 Å². The number of tetrazole rings is 1. The Bertz CT molecular complexity index is 1560. The van der Waals surface area contributed by atoms with Gasteiger partial charge in [0, 0.05) is 28.4 Å². The lowest BCUT2D eigenvalue weighted by molar-refractivity contribution is 0.0955. The Morgan fingerprint density at radius 1 is 0.889 bits per heavy atom. The SMILES string of the molecule is CC(C)(C)c1cn(C(=O)c2ccccc2)c(=O)n1Cc1ccc(-c2ccccc2-n2cnnn2)cc1. The molecule has 0 aliphatic rings. The summed E-state index contributed by atoms with van der Waals surface area (Å²) in [6, 6.07) is 24.8. The molecule has 36 heavy (non-hydrogen) atoms. The summed E-state index contributed by atoms with van der Waals surface area (Å²) in [4.78, 5) is 26.5. The van der Waals surface area contributed by atoms with Gasteiger partial charge in [0.25, 0.3) is 5.91 Å². The molecule has 3 aromatic carbocycles. The first kappa shape index (κ1) is 23.2. The van der Waals surface area contributed by atoms with E-state index in [1.807, 2.05) is 75.4 Å². The van der Waals surface area contributed by atoms with Crippen molar-refractivity contribution in [2.24, 2.45) is 0 Å². The zero-order valence-electron chi connectivity index (χ0n) is 20.4. The summed E-state index contributed by atoms with van der Waals surface area (Å²) in [5.41, 5.74) is 4.42. The molecule has 180 valence electrons. The Balaban J connectivity index is 1.49. The zero-order valence-corrected chi connectivity index (χ0v) is 20.4. The van der Waals surface area contributed by atoms with Crippen LogP contribution >= 0.6 is 0 Å². The average Bonchev–Trinajstić information content (AvgIpc) is 3.53. The molecule has 0 aliphatic carbocycles. The molecule has 0 aliphatic heterocycles. The van der Waals surface area contributed by atoms with E-state index in [0.717, 1.165) is 28.1 Å². The van der Waals surface area contributed by atoms with Gasteiger partial charge in [-0.3, -0.25) is 9.36 Å². The average molecular weight is 479 g/mol. The number of hydrogen-bond donors (Lipinski definition) is 0. The Hall–Kier alpha value is -4.59. The first-order valence-corrected chi connectivity index (χ1v) is 11.7. The molecule has 5 rings (SSSR count). The van der Waals surface area contributed by atoms with E-state index in [1.54, 1.807) is 46.0 Å². The highest BCUT2D eigenvalue weighted by atomic mass is 16.2. The summed E-state index contributed by atoms with van der Waals surface area (Å²) in [5, 5.41) is 11.5. The van der Waals surface area contributed by atoms with Crippen LogP contribution in [0.1, 0.15) is 42.4 Å². The normalized spacial score (nSPS) is 11.5. The highest BCUT2D eigenvalue weighted by molar-refractivity contribution is 5.95. The van der Waals surface area contributed by atoms with E-state index in [1.165, 1.54) is 4.57 Å². The molecule has 0 spiro atoms. The number of hydrogen-bond acceptors (Lipinski definition) is 5. The predicted octanol–water partition coefficient (Wildman–Crippen LogP) is 4.33. The van der Waals surface area contributed by atoms with E-state index < -0.39 is 0 Å². The molecule has 5 aromatic rings. The Morgan fingerprint density at radius 2 is 1.58 bits per heavy atom. The van der Waals surface area contributed by atoms with Gasteiger partial charge in [-0.1, -0.05) is 81.4 Å². The smallest absolute Gasteiger partial charge is 0.291 e. The van der Waals surface area contributed by atoms with Crippen LogP contribution in [0.3, 0.4) is 0 Å². The maximum atomic E-state index is 13.4. The molecule has 0 radical (unpaired) electrons. The van der Waals surface area contributed by atoms with Crippen LogP contribution in [0, 0.1) is 0 Å². The van der Waals surface area contributed by atoms with Gasteiger partial charge in [0.2, 0.25) is 0 Å². The molecule has 0 fully saturated rings. The standard InChI is InChI=1S/C28H26N6O2/c1-28(2,3)25-18-33(26(35)22-9-5-4-6-10-22)27(36)32(25)17-20-13-15-21(16-14-20)23-11-7-8-12-24(23)34-19-29-30-31-34/h4-16,18-19H,17H2,1-3H3. The zero-order chi connectivity index (χ0) is 25.3. The first-order valence-electron chi connectivity index (χ1n) is 11.7. The van der Waals surface area contributed by atoms with E-state index >= 15 is 0 Å². The number of rotatable bonds is 5. The number of benzene rings is 3. The Kier molecular flexibility index (Phi) is 5.93. The lowest BCUT2D eigenvalue weighted by atomic mass is 9.92. The minimum atomic E-state index is -0.345. The summed E-state index contributed by atoms with van der Waals surface area (Å²) < 4.78 is 4.53. The minimum Gasteiger partial charge on any atom is -0.291 e. The van der Waals surface area contributed by atoms with Crippen LogP contribution in [0.2, 0.25) is 0 Å². The minimum absolute atomic E-state index is 0.327. The molecule has 2 aromatic heterocycles. The molecular weight excluding hydrogens is 452 g/mol. The third kappa shape index (κ3) is 4.40. The number of nitrogens with zero attached hydrogens (tertiary/aromatic N) is 6. The number of para-hydroxylation sites is 1. The number of aromatic nitrogens is 6. The van der Waals surface area contributed by atoms with E-state index in [4.69, 9.17) is 0 Å². The molecule has 0 atom stereocenters. The highest BCUT2D eigenvalue weighted by Gasteiger charge is 2.25. The van der Waals surface area contributed by atoms with Crippen LogP contribution in [0.4, 0.5) is 0 Å². The summed E-state index contributed by atoms with van der Waals surface area (Å²) in [7, 11) is 0. The predicted molar refractivity (Wildman–Crippen MR) is 137 cm³/mol. The molecule has 8 heteroatoms. The van der Waals surface area contributed by atoms with Crippen molar-refractivity contribution in [3.8, 4) is 16.8 Å². The van der Waals surface area contributed by atoms with Crippen LogP contribution in [-0.4, -0.2) is 35.2 Å². The Labute approximate surface area is 208 Å². The van der Waals surface area contributed by atoms with Gasteiger partial charge in [-0.2, -0.15) is 4.68 Å². The van der Waals surface area contributed by atoms with Crippen molar-refractivity contribution in [2.75, 3.05) is 0 Å². The van der Waals surface area contributed by atoms with Gasteiger partial charge >= 0.3 is 5.69 Å². The van der Waals surface area contributed by atoms with Crippen molar-refractivity contribution in [1.29, 1.82) is 0 Å². The molecule has 0 saturated heterocycles. The quantitative estimate of drug-likeness (QED) is 0.375. The molecular formula is C28H26N6O2. The topological polar surface area (TPSA) is 87.6 Å². The number of imidazole rings is 1. The first-order chi connectivity index (χ1) is 17.3.